The fourth-order valence-electron chi connectivity index (χ4n) is 0.627. The molecule has 0 aliphatic carbocycles. The average Bonchev–Trinajstić information content (AvgIpc) is 2.13. The Labute approximate surface area is 81.1 Å². The number of nitrogens with zero attached hydrogens (tertiary/aromatic N) is 1. The van der Waals surface area contributed by atoms with E-state index in [1.165, 1.54) is 0 Å². The maximum absolute atomic E-state index is 12.8. The van der Waals surface area contributed by atoms with Crippen LogP contribution in [0.3, 0.4) is 0 Å². The van der Waals surface area contributed by atoms with Crippen molar-refractivity contribution in [3.63, 3.8) is 0 Å². The summed E-state index contributed by atoms with van der Waals surface area (Å²) in [5.41, 5.74) is -0.522. The summed E-state index contributed by atoms with van der Waals surface area (Å²) in [5, 5.41) is -1.12. The largest absolute Gasteiger partial charge is 0.382 e. The molecule has 0 unspecified atom stereocenters. The molecule has 13 heavy (non-hydrogen) atoms. The quantitative estimate of drug-likeness (QED) is 0.693. The highest BCUT2D eigenvalue weighted by molar-refractivity contribution is 6.36. The summed E-state index contributed by atoms with van der Waals surface area (Å²) in [7, 11) is 0. The number of hydrogen-bond acceptors (Lipinski definition) is 3. The Morgan fingerprint density at radius 3 is 2.69 bits per heavy atom. The number of carbonyl (C=O) groups is 1. The van der Waals surface area contributed by atoms with Gasteiger partial charge in [0.25, 0.3) is 0 Å². The zero-order valence-electron chi connectivity index (χ0n) is 5.85. The number of rotatable bonds is 1. The molecule has 0 radical (unpaired) electrons. The fourth-order valence-corrected chi connectivity index (χ4v) is 1.03. The Morgan fingerprint density at radius 1 is 1.54 bits per heavy atom. The lowest BCUT2D eigenvalue weighted by Gasteiger charge is -2.00. The van der Waals surface area contributed by atoms with Gasteiger partial charge in [0.1, 0.15) is 5.56 Å². The monoisotopic (exact) mass is 227 g/mol. The van der Waals surface area contributed by atoms with Crippen molar-refractivity contribution in [2.24, 2.45) is 0 Å². The van der Waals surface area contributed by atoms with E-state index in [9.17, 15) is 13.7 Å². The Kier molecular flexibility index (Phi) is 3.00. The predicted octanol–water partition coefficient (Wildman–Crippen LogP) is 2.57. The summed E-state index contributed by atoms with van der Waals surface area (Å²) in [4.78, 5) is 16.7. The first-order chi connectivity index (χ1) is 6.07. The van der Waals surface area contributed by atoms with Crippen molar-refractivity contribution in [3.05, 3.63) is 27.8 Å². The molecule has 0 amide bonds. The number of hydrogen-bond donors (Lipinski definition) is 0. The highest BCUT2D eigenvalue weighted by atomic mass is 35.5. The molecule has 0 atom stereocenters. The lowest BCUT2D eigenvalue weighted by molar-refractivity contribution is -0.0788. The molecule has 1 aromatic rings. The Hall–Kier alpha value is -0.940. The third-order valence-corrected chi connectivity index (χ3v) is 1.84. The molecule has 0 N–H and O–H groups in total. The van der Waals surface area contributed by atoms with E-state index in [1.54, 1.807) is 0 Å². The summed E-state index contributed by atoms with van der Waals surface area (Å²) in [5.74, 6) is -2.51. The van der Waals surface area contributed by atoms with Gasteiger partial charge < -0.3 is 0 Å². The maximum Gasteiger partial charge on any atom is 0.382 e. The van der Waals surface area contributed by atoms with Gasteiger partial charge in [-0.2, -0.15) is 0 Å². The van der Waals surface area contributed by atoms with Crippen LogP contribution >= 0.6 is 23.2 Å². The van der Waals surface area contributed by atoms with E-state index in [-0.39, 0.29) is 0 Å². The third kappa shape index (κ3) is 1.87. The molecule has 0 aromatic carbocycles. The molecule has 0 saturated carbocycles. The molecular weight excluding hydrogens is 227 g/mol. The van der Waals surface area contributed by atoms with Crippen LogP contribution in [-0.2, 0) is 4.94 Å². The minimum absolute atomic E-state index is 0.500. The number of pyridine rings is 1. The van der Waals surface area contributed by atoms with Crippen LogP contribution in [0.5, 0.6) is 0 Å². The number of aromatic nitrogens is 1. The zero-order chi connectivity index (χ0) is 10.0. The topological polar surface area (TPSA) is 39.2 Å². The summed E-state index contributed by atoms with van der Waals surface area (Å²) in [6, 6.07) is 0. The molecule has 0 saturated heterocycles. The van der Waals surface area contributed by atoms with Crippen LogP contribution in [0.1, 0.15) is 10.4 Å². The molecular formula is C6HCl2F2NO2. The van der Waals surface area contributed by atoms with Gasteiger partial charge in [0.05, 0.1) is 5.02 Å². The highest BCUT2D eigenvalue weighted by Gasteiger charge is 2.18. The number of halogens is 4. The predicted molar refractivity (Wildman–Crippen MR) is 40.7 cm³/mol. The smallest absolute Gasteiger partial charge is 0.249 e. The molecule has 3 nitrogen and oxygen atoms in total. The molecule has 1 aromatic heterocycles. The highest BCUT2D eigenvalue weighted by Crippen LogP contribution is 2.24. The van der Waals surface area contributed by atoms with Crippen molar-refractivity contribution in [3.8, 4) is 0 Å². The van der Waals surface area contributed by atoms with Gasteiger partial charge in [0, 0.05) is 10.7 Å². The SMILES string of the molecule is O=C(OF)c1cnc(Cl)c(F)c1Cl. The van der Waals surface area contributed by atoms with Gasteiger partial charge in [-0.1, -0.05) is 23.2 Å². The normalized spacial score (nSPS) is 9.85. The Balaban J connectivity index is 3.26. The third-order valence-electron chi connectivity index (χ3n) is 1.21. The van der Waals surface area contributed by atoms with Gasteiger partial charge in [-0.15, -0.1) is 0 Å². The van der Waals surface area contributed by atoms with Crippen LogP contribution in [-0.4, -0.2) is 11.0 Å². The van der Waals surface area contributed by atoms with Crippen molar-refractivity contribution < 1.29 is 18.7 Å². The lowest BCUT2D eigenvalue weighted by atomic mass is 10.3. The lowest BCUT2D eigenvalue weighted by Crippen LogP contribution is -2.02. The van der Waals surface area contributed by atoms with Gasteiger partial charge in [-0.3, -0.25) is 0 Å². The van der Waals surface area contributed by atoms with Crippen molar-refractivity contribution in [1.29, 1.82) is 0 Å². The first-order valence-corrected chi connectivity index (χ1v) is 3.66. The van der Waals surface area contributed by atoms with Gasteiger partial charge in [0.2, 0.25) is 0 Å². The van der Waals surface area contributed by atoms with E-state index in [0.29, 0.717) is 0 Å². The van der Waals surface area contributed by atoms with Crippen LogP contribution in [0.15, 0.2) is 6.20 Å². The van der Waals surface area contributed by atoms with E-state index in [0.717, 1.165) is 6.20 Å². The van der Waals surface area contributed by atoms with E-state index in [1.807, 2.05) is 0 Å². The van der Waals surface area contributed by atoms with Crippen LogP contribution in [0.4, 0.5) is 8.92 Å². The summed E-state index contributed by atoms with van der Waals surface area (Å²) < 4.78 is 24.2. The second-order valence-corrected chi connectivity index (χ2v) is 2.69. The van der Waals surface area contributed by atoms with Crippen LogP contribution < -0.4 is 0 Å². The Morgan fingerprint density at radius 2 is 2.15 bits per heavy atom. The van der Waals surface area contributed by atoms with Crippen molar-refractivity contribution >= 4 is 29.2 Å². The van der Waals surface area contributed by atoms with Gasteiger partial charge in [-0.25, -0.2) is 19.1 Å². The number of carbonyl (C=O) groups excluding carboxylic acids is 1. The maximum atomic E-state index is 12.8. The standard InChI is InChI=1S/C6HCl2F2NO2/c7-3-2(6(12)13-10)1-11-5(8)4(3)9/h1H. The van der Waals surface area contributed by atoms with E-state index >= 15 is 0 Å². The van der Waals surface area contributed by atoms with Crippen molar-refractivity contribution in [2.45, 2.75) is 0 Å². The molecule has 0 aliphatic heterocycles. The minimum Gasteiger partial charge on any atom is -0.249 e. The van der Waals surface area contributed by atoms with Crippen LogP contribution in [0.25, 0.3) is 0 Å². The summed E-state index contributed by atoms with van der Waals surface area (Å²) in [6.45, 7) is 0. The van der Waals surface area contributed by atoms with Crippen molar-refractivity contribution in [1.82, 2.24) is 4.98 Å². The molecule has 0 aliphatic rings. The Bertz CT molecular complexity index is 359. The van der Waals surface area contributed by atoms with Gasteiger partial charge in [0.15, 0.2) is 11.0 Å². The van der Waals surface area contributed by atoms with Gasteiger partial charge in [-0.05, 0) is 0 Å². The summed E-state index contributed by atoms with van der Waals surface area (Å²) >= 11 is 10.5. The average molecular weight is 228 g/mol. The van der Waals surface area contributed by atoms with E-state index < -0.39 is 27.5 Å². The molecule has 0 bridgehead atoms. The van der Waals surface area contributed by atoms with E-state index in [4.69, 9.17) is 23.2 Å². The molecule has 1 heterocycles. The molecule has 0 spiro atoms. The second-order valence-electron chi connectivity index (χ2n) is 1.96. The second kappa shape index (κ2) is 3.85. The van der Waals surface area contributed by atoms with E-state index in [2.05, 4.69) is 9.93 Å². The molecule has 0 fully saturated rings. The minimum atomic E-state index is -1.42. The zero-order valence-corrected chi connectivity index (χ0v) is 7.36. The van der Waals surface area contributed by atoms with Gasteiger partial charge >= 0.3 is 5.97 Å². The molecule has 1 rings (SSSR count). The first-order valence-electron chi connectivity index (χ1n) is 2.90. The van der Waals surface area contributed by atoms with Crippen LogP contribution in [0, 0.1) is 5.82 Å². The van der Waals surface area contributed by atoms with Crippen LogP contribution in [0.2, 0.25) is 10.2 Å². The molecule has 7 heteroatoms. The fraction of sp³-hybridized carbons (Fsp3) is 0. The summed E-state index contributed by atoms with van der Waals surface area (Å²) in [6.07, 6.45) is 0.815. The molecule has 70 valence electrons. The van der Waals surface area contributed by atoms with Crippen molar-refractivity contribution in [2.75, 3.05) is 0 Å². The first kappa shape index (κ1) is 10.1.